The lowest BCUT2D eigenvalue weighted by atomic mass is 9.91. The Hall–Kier alpha value is -2.86. The number of methoxy groups -OCH3 is 2. The topological polar surface area (TPSA) is 71.1 Å². The zero-order valence-electron chi connectivity index (χ0n) is 15.3. The lowest BCUT2D eigenvalue weighted by molar-refractivity contribution is -0.0683. The van der Waals surface area contributed by atoms with Gasteiger partial charge in [-0.2, -0.15) is 0 Å². The molecular formula is C21H22O6. The number of ether oxygens (including phenoxy) is 4. The summed E-state index contributed by atoms with van der Waals surface area (Å²) in [6.45, 7) is 0.582. The summed E-state index contributed by atoms with van der Waals surface area (Å²) in [5, 5.41) is 0. The summed E-state index contributed by atoms with van der Waals surface area (Å²) in [5.41, 5.74) is 1.41. The number of hydrogen-bond acceptors (Lipinski definition) is 6. The van der Waals surface area contributed by atoms with Gasteiger partial charge in [-0.25, -0.2) is 9.59 Å². The van der Waals surface area contributed by atoms with Crippen LogP contribution in [0.4, 0.5) is 0 Å². The van der Waals surface area contributed by atoms with Crippen LogP contribution < -0.4 is 4.74 Å². The van der Waals surface area contributed by atoms with Crippen molar-refractivity contribution >= 4 is 11.9 Å². The maximum atomic E-state index is 11.9. The fourth-order valence-electron chi connectivity index (χ4n) is 2.89. The molecule has 1 fully saturated rings. The van der Waals surface area contributed by atoms with Crippen LogP contribution in [0.2, 0.25) is 0 Å². The zero-order valence-corrected chi connectivity index (χ0v) is 15.3. The molecule has 1 saturated carbocycles. The Morgan fingerprint density at radius 1 is 0.889 bits per heavy atom. The van der Waals surface area contributed by atoms with Crippen molar-refractivity contribution in [2.24, 2.45) is 0 Å². The first-order chi connectivity index (χ1) is 13.1. The molecule has 0 atom stereocenters. The van der Waals surface area contributed by atoms with Gasteiger partial charge in [0.1, 0.15) is 11.9 Å². The van der Waals surface area contributed by atoms with Gasteiger partial charge < -0.3 is 18.9 Å². The summed E-state index contributed by atoms with van der Waals surface area (Å²) in [4.78, 5) is 23.7. The molecule has 27 heavy (non-hydrogen) atoms. The van der Waals surface area contributed by atoms with E-state index < -0.39 is 11.9 Å². The molecule has 1 aliphatic rings. The molecule has 2 aromatic carbocycles. The van der Waals surface area contributed by atoms with E-state index in [0.29, 0.717) is 12.4 Å². The number of esters is 2. The highest BCUT2D eigenvalue weighted by Gasteiger charge is 2.32. The van der Waals surface area contributed by atoms with Crippen molar-refractivity contribution in [1.82, 2.24) is 0 Å². The highest BCUT2D eigenvalue weighted by Crippen LogP contribution is 2.30. The molecule has 0 bridgehead atoms. The number of benzene rings is 2. The van der Waals surface area contributed by atoms with Crippen LogP contribution in [-0.4, -0.2) is 38.4 Å². The van der Waals surface area contributed by atoms with Crippen LogP contribution in [0.3, 0.4) is 0 Å². The molecule has 0 amide bonds. The SMILES string of the molecule is COC(=O)c1ccc(OC2CC(OCc3ccccc3)C2)cc1C(=O)OC. The monoisotopic (exact) mass is 370 g/mol. The maximum Gasteiger partial charge on any atom is 0.338 e. The van der Waals surface area contributed by atoms with Crippen molar-refractivity contribution in [3.05, 3.63) is 65.2 Å². The summed E-state index contributed by atoms with van der Waals surface area (Å²) in [7, 11) is 2.52. The predicted octanol–water partition coefficient (Wildman–Crippen LogP) is 3.39. The van der Waals surface area contributed by atoms with E-state index in [9.17, 15) is 9.59 Å². The molecule has 142 valence electrons. The van der Waals surface area contributed by atoms with Gasteiger partial charge in [0.15, 0.2) is 0 Å². The van der Waals surface area contributed by atoms with Gasteiger partial charge in [0, 0.05) is 12.8 Å². The van der Waals surface area contributed by atoms with Crippen molar-refractivity contribution in [2.75, 3.05) is 14.2 Å². The highest BCUT2D eigenvalue weighted by molar-refractivity contribution is 6.03. The first-order valence-electron chi connectivity index (χ1n) is 8.73. The first-order valence-corrected chi connectivity index (χ1v) is 8.73. The normalized spacial score (nSPS) is 18.3. The number of carbonyl (C=O) groups is 2. The molecule has 0 heterocycles. The lowest BCUT2D eigenvalue weighted by Crippen LogP contribution is -2.39. The minimum Gasteiger partial charge on any atom is -0.490 e. The van der Waals surface area contributed by atoms with E-state index in [-0.39, 0.29) is 23.3 Å². The van der Waals surface area contributed by atoms with E-state index >= 15 is 0 Å². The molecular weight excluding hydrogens is 348 g/mol. The van der Waals surface area contributed by atoms with Crippen LogP contribution in [0.1, 0.15) is 39.1 Å². The maximum absolute atomic E-state index is 11.9. The molecule has 0 aromatic heterocycles. The smallest absolute Gasteiger partial charge is 0.338 e. The second-order valence-electron chi connectivity index (χ2n) is 6.32. The predicted molar refractivity (Wildman–Crippen MR) is 97.8 cm³/mol. The van der Waals surface area contributed by atoms with Crippen LogP contribution in [0.5, 0.6) is 5.75 Å². The standard InChI is InChI=1S/C21H22O6/c1-24-20(22)18-9-8-15(12-19(18)21(23)25-2)27-17-10-16(11-17)26-13-14-6-4-3-5-7-14/h3-9,12,16-17H,10-11,13H2,1-2H3. The van der Waals surface area contributed by atoms with Gasteiger partial charge in [-0.05, 0) is 23.8 Å². The van der Waals surface area contributed by atoms with Gasteiger partial charge in [0.25, 0.3) is 0 Å². The molecule has 0 N–H and O–H groups in total. The van der Waals surface area contributed by atoms with E-state index in [4.69, 9.17) is 18.9 Å². The van der Waals surface area contributed by atoms with Crippen molar-refractivity contribution < 1.29 is 28.5 Å². The number of hydrogen-bond donors (Lipinski definition) is 0. The fourth-order valence-corrected chi connectivity index (χ4v) is 2.89. The zero-order chi connectivity index (χ0) is 19.2. The van der Waals surface area contributed by atoms with E-state index in [1.807, 2.05) is 30.3 Å². The second-order valence-corrected chi connectivity index (χ2v) is 6.32. The van der Waals surface area contributed by atoms with Gasteiger partial charge in [-0.3, -0.25) is 0 Å². The lowest BCUT2D eigenvalue weighted by Gasteiger charge is -2.35. The summed E-state index contributed by atoms with van der Waals surface area (Å²) in [6.07, 6.45) is 1.73. The van der Waals surface area contributed by atoms with Gasteiger partial charge in [0.05, 0.1) is 38.1 Å². The molecule has 3 rings (SSSR count). The molecule has 6 heteroatoms. The summed E-state index contributed by atoms with van der Waals surface area (Å²) in [5.74, 6) is -0.701. The van der Waals surface area contributed by atoms with Crippen molar-refractivity contribution in [3.8, 4) is 5.75 Å². The van der Waals surface area contributed by atoms with Crippen LogP contribution in [0.15, 0.2) is 48.5 Å². The van der Waals surface area contributed by atoms with Crippen molar-refractivity contribution in [2.45, 2.75) is 31.7 Å². The first kappa shape index (κ1) is 18.9. The Labute approximate surface area is 158 Å². The third kappa shape index (κ3) is 4.65. The largest absolute Gasteiger partial charge is 0.490 e. The minimum absolute atomic E-state index is 0.0141. The van der Waals surface area contributed by atoms with Crippen LogP contribution in [-0.2, 0) is 20.8 Å². The Bertz CT molecular complexity index is 796. The third-order valence-electron chi connectivity index (χ3n) is 4.48. The van der Waals surface area contributed by atoms with Gasteiger partial charge in [-0.1, -0.05) is 30.3 Å². The van der Waals surface area contributed by atoms with E-state index in [1.165, 1.54) is 26.4 Å². The molecule has 0 unspecified atom stereocenters. The molecule has 0 spiro atoms. The Morgan fingerprint density at radius 2 is 1.56 bits per heavy atom. The molecule has 1 aliphatic carbocycles. The van der Waals surface area contributed by atoms with Gasteiger partial charge in [0.2, 0.25) is 0 Å². The quantitative estimate of drug-likeness (QED) is 0.696. The second kappa shape index (κ2) is 8.68. The number of carbonyl (C=O) groups excluding carboxylic acids is 2. The molecule has 6 nitrogen and oxygen atoms in total. The Balaban J connectivity index is 1.55. The van der Waals surface area contributed by atoms with E-state index in [0.717, 1.165) is 18.4 Å². The molecule has 0 aliphatic heterocycles. The summed E-state index contributed by atoms with van der Waals surface area (Å²) < 4.78 is 21.2. The Kier molecular flexibility index (Phi) is 6.08. The van der Waals surface area contributed by atoms with E-state index in [1.54, 1.807) is 6.07 Å². The Morgan fingerprint density at radius 3 is 2.22 bits per heavy atom. The fraction of sp³-hybridized carbons (Fsp3) is 0.333. The van der Waals surface area contributed by atoms with E-state index in [2.05, 4.69) is 0 Å². The summed E-state index contributed by atoms with van der Waals surface area (Å²) in [6, 6.07) is 14.7. The average molecular weight is 370 g/mol. The van der Waals surface area contributed by atoms with Crippen LogP contribution in [0.25, 0.3) is 0 Å². The van der Waals surface area contributed by atoms with Gasteiger partial charge >= 0.3 is 11.9 Å². The van der Waals surface area contributed by atoms with Crippen LogP contribution in [0, 0.1) is 0 Å². The average Bonchev–Trinajstić information content (AvgIpc) is 2.69. The molecule has 2 aromatic rings. The minimum atomic E-state index is -0.612. The third-order valence-corrected chi connectivity index (χ3v) is 4.48. The van der Waals surface area contributed by atoms with Gasteiger partial charge in [-0.15, -0.1) is 0 Å². The highest BCUT2D eigenvalue weighted by atomic mass is 16.5. The molecule has 0 radical (unpaired) electrons. The number of rotatable bonds is 7. The van der Waals surface area contributed by atoms with Crippen molar-refractivity contribution in [1.29, 1.82) is 0 Å². The van der Waals surface area contributed by atoms with Crippen LogP contribution >= 0.6 is 0 Å². The van der Waals surface area contributed by atoms with Crippen molar-refractivity contribution in [3.63, 3.8) is 0 Å². The summed E-state index contributed by atoms with van der Waals surface area (Å²) >= 11 is 0. The molecule has 0 saturated heterocycles.